The van der Waals surface area contributed by atoms with Crippen LogP contribution in [0.4, 0.5) is 5.69 Å². The fraction of sp³-hybridized carbons (Fsp3) is 0. The van der Waals surface area contributed by atoms with Crippen molar-refractivity contribution in [3.8, 4) is 5.82 Å². The molecule has 0 fully saturated rings. The molecule has 0 aliphatic rings. The fourth-order valence-corrected chi connectivity index (χ4v) is 1.51. The van der Waals surface area contributed by atoms with E-state index in [1.165, 1.54) is 6.33 Å². The highest BCUT2D eigenvalue weighted by atomic mass is 16.2. The molecule has 3 aromatic heterocycles. The highest BCUT2D eigenvalue weighted by molar-refractivity contribution is 6.01. The van der Waals surface area contributed by atoms with E-state index in [1.54, 1.807) is 41.5 Å². The van der Waals surface area contributed by atoms with Gasteiger partial charge in [-0.05, 0) is 18.2 Å². The van der Waals surface area contributed by atoms with E-state index in [2.05, 4.69) is 30.6 Å². The third-order valence-corrected chi connectivity index (χ3v) is 2.37. The highest BCUT2D eigenvalue weighted by Crippen LogP contribution is 2.09. The lowest BCUT2D eigenvalue weighted by molar-refractivity contribution is 0.101. The zero-order valence-corrected chi connectivity index (χ0v) is 9.69. The standard InChI is InChI=1S/C11H9N7O/c19-11(10-13-7-14-17-10)16-8-2-3-9(12-6-8)18-5-1-4-15-18/h1-7H,(H,16,19)(H,13,14,17). The molecule has 0 aromatic carbocycles. The largest absolute Gasteiger partial charge is 0.318 e. The van der Waals surface area contributed by atoms with Crippen LogP contribution < -0.4 is 5.32 Å². The number of aromatic nitrogens is 6. The lowest BCUT2D eigenvalue weighted by Gasteiger charge is -2.04. The van der Waals surface area contributed by atoms with Gasteiger partial charge >= 0.3 is 0 Å². The van der Waals surface area contributed by atoms with Crippen LogP contribution in [0.1, 0.15) is 10.6 Å². The van der Waals surface area contributed by atoms with Crippen molar-refractivity contribution >= 4 is 11.6 Å². The second kappa shape index (κ2) is 4.69. The van der Waals surface area contributed by atoms with Crippen LogP contribution in [0.25, 0.3) is 5.82 Å². The van der Waals surface area contributed by atoms with Crippen molar-refractivity contribution in [2.75, 3.05) is 5.32 Å². The van der Waals surface area contributed by atoms with Gasteiger partial charge in [0.05, 0.1) is 11.9 Å². The van der Waals surface area contributed by atoms with Crippen LogP contribution >= 0.6 is 0 Å². The molecule has 0 unspecified atom stereocenters. The van der Waals surface area contributed by atoms with Gasteiger partial charge in [-0.2, -0.15) is 10.2 Å². The van der Waals surface area contributed by atoms with Crippen molar-refractivity contribution in [1.82, 2.24) is 29.9 Å². The van der Waals surface area contributed by atoms with Gasteiger partial charge in [0.2, 0.25) is 5.82 Å². The smallest absolute Gasteiger partial charge is 0.293 e. The Morgan fingerprint density at radius 3 is 2.89 bits per heavy atom. The van der Waals surface area contributed by atoms with E-state index >= 15 is 0 Å². The Morgan fingerprint density at radius 2 is 2.26 bits per heavy atom. The topological polar surface area (TPSA) is 101 Å². The minimum absolute atomic E-state index is 0.149. The Hall–Kier alpha value is -3.03. The van der Waals surface area contributed by atoms with Crippen LogP contribution in [0.5, 0.6) is 0 Å². The quantitative estimate of drug-likeness (QED) is 0.715. The summed E-state index contributed by atoms with van der Waals surface area (Å²) in [6.45, 7) is 0. The van der Waals surface area contributed by atoms with Gasteiger partial charge in [-0.3, -0.25) is 9.89 Å². The number of carbonyl (C=O) groups is 1. The van der Waals surface area contributed by atoms with E-state index in [0.717, 1.165) is 0 Å². The lowest BCUT2D eigenvalue weighted by Crippen LogP contribution is -2.14. The first-order valence-electron chi connectivity index (χ1n) is 5.46. The highest BCUT2D eigenvalue weighted by Gasteiger charge is 2.09. The maximum atomic E-state index is 11.7. The van der Waals surface area contributed by atoms with E-state index in [1.807, 2.05) is 0 Å². The molecule has 8 nitrogen and oxygen atoms in total. The maximum Gasteiger partial charge on any atom is 0.293 e. The molecule has 19 heavy (non-hydrogen) atoms. The number of aromatic amines is 1. The number of nitrogens with one attached hydrogen (secondary N) is 2. The number of hydrogen-bond acceptors (Lipinski definition) is 5. The Kier molecular flexibility index (Phi) is 2.73. The van der Waals surface area contributed by atoms with Crippen molar-refractivity contribution in [3.63, 3.8) is 0 Å². The monoisotopic (exact) mass is 255 g/mol. The number of amides is 1. The molecule has 0 atom stereocenters. The molecule has 0 aliphatic heterocycles. The SMILES string of the molecule is O=C(Nc1ccc(-n2cccn2)nc1)c1ncn[nH]1. The van der Waals surface area contributed by atoms with Crippen LogP contribution in [0.15, 0.2) is 43.1 Å². The van der Waals surface area contributed by atoms with Crippen molar-refractivity contribution in [1.29, 1.82) is 0 Å². The predicted molar refractivity (Wildman–Crippen MR) is 65.7 cm³/mol. The van der Waals surface area contributed by atoms with Crippen molar-refractivity contribution in [2.24, 2.45) is 0 Å². The first kappa shape index (κ1) is 11.1. The molecular weight excluding hydrogens is 246 g/mol. The van der Waals surface area contributed by atoms with E-state index in [4.69, 9.17) is 0 Å². The molecule has 2 N–H and O–H groups in total. The lowest BCUT2D eigenvalue weighted by atomic mass is 10.4. The van der Waals surface area contributed by atoms with Gasteiger partial charge in [0.1, 0.15) is 6.33 Å². The average molecular weight is 255 g/mol. The maximum absolute atomic E-state index is 11.7. The zero-order valence-electron chi connectivity index (χ0n) is 9.69. The summed E-state index contributed by atoms with van der Waals surface area (Å²) < 4.78 is 1.63. The minimum atomic E-state index is -0.369. The third-order valence-electron chi connectivity index (χ3n) is 2.37. The number of nitrogens with zero attached hydrogens (tertiary/aromatic N) is 5. The number of H-pyrrole nitrogens is 1. The fourth-order valence-electron chi connectivity index (χ4n) is 1.51. The molecule has 0 spiro atoms. The van der Waals surface area contributed by atoms with Crippen molar-refractivity contribution in [3.05, 3.63) is 48.9 Å². The summed E-state index contributed by atoms with van der Waals surface area (Å²) in [5.74, 6) is 0.449. The molecule has 0 radical (unpaired) electrons. The molecule has 1 amide bonds. The third kappa shape index (κ3) is 2.32. The molecule has 0 aliphatic carbocycles. The summed E-state index contributed by atoms with van der Waals surface area (Å²) >= 11 is 0. The molecule has 3 heterocycles. The van der Waals surface area contributed by atoms with Crippen molar-refractivity contribution in [2.45, 2.75) is 0 Å². The predicted octanol–water partition coefficient (Wildman–Crippen LogP) is 0.638. The van der Waals surface area contributed by atoms with Gasteiger partial charge in [0.15, 0.2) is 5.82 Å². The number of rotatable bonds is 3. The Balaban J connectivity index is 1.75. The molecule has 94 valence electrons. The summed E-state index contributed by atoms with van der Waals surface area (Å²) in [6.07, 6.45) is 6.27. The Labute approximate surface area is 107 Å². The second-order valence-electron chi connectivity index (χ2n) is 3.64. The summed E-state index contributed by atoms with van der Waals surface area (Å²) in [5, 5.41) is 12.8. The number of hydrogen-bond donors (Lipinski definition) is 2. The van der Waals surface area contributed by atoms with E-state index < -0.39 is 0 Å². The van der Waals surface area contributed by atoms with Crippen LogP contribution in [-0.2, 0) is 0 Å². The number of carbonyl (C=O) groups excluding carboxylic acids is 1. The molecule has 0 saturated carbocycles. The van der Waals surface area contributed by atoms with Crippen LogP contribution in [0, 0.1) is 0 Å². The zero-order chi connectivity index (χ0) is 13.1. The van der Waals surface area contributed by atoms with Crippen LogP contribution in [0.3, 0.4) is 0 Å². The van der Waals surface area contributed by atoms with Gasteiger partial charge in [-0.15, -0.1) is 0 Å². The van der Waals surface area contributed by atoms with Gasteiger partial charge in [0.25, 0.3) is 5.91 Å². The van der Waals surface area contributed by atoms with Gasteiger partial charge in [0, 0.05) is 12.4 Å². The molecule has 3 rings (SSSR count). The van der Waals surface area contributed by atoms with E-state index in [9.17, 15) is 4.79 Å². The molecule has 8 heteroatoms. The molecule has 0 saturated heterocycles. The normalized spacial score (nSPS) is 10.3. The summed E-state index contributed by atoms with van der Waals surface area (Å²) in [5.41, 5.74) is 0.567. The molecular formula is C11H9N7O. The summed E-state index contributed by atoms with van der Waals surface area (Å²) in [7, 11) is 0. The first-order valence-corrected chi connectivity index (χ1v) is 5.46. The molecule has 3 aromatic rings. The number of anilines is 1. The van der Waals surface area contributed by atoms with Crippen LogP contribution in [0.2, 0.25) is 0 Å². The average Bonchev–Trinajstić information content (AvgIpc) is 3.13. The minimum Gasteiger partial charge on any atom is -0.318 e. The first-order chi connectivity index (χ1) is 9.33. The van der Waals surface area contributed by atoms with E-state index in [0.29, 0.717) is 11.5 Å². The Bertz CT molecular complexity index is 658. The van der Waals surface area contributed by atoms with Gasteiger partial charge in [-0.1, -0.05) is 0 Å². The summed E-state index contributed by atoms with van der Waals surface area (Å²) in [4.78, 5) is 19.7. The van der Waals surface area contributed by atoms with Crippen molar-refractivity contribution < 1.29 is 4.79 Å². The summed E-state index contributed by atoms with van der Waals surface area (Å²) in [6, 6.07) is 5.29. The second-order valence-corrected chi connectivity index (χ2v) is 3.64. The Morgan fingerprint density at radius 1 is 1.32 bits per heavy atom. The number of pyridine rings is 1. The molecule has 0 bridgehead atoms. The van der Waals surface area contributed by atoms with Gasteiger partial charge in [-0.25, -0.2) is 14.6 Å². The van der Waals surface area contributed by atoms with Crippen LogP contribution in [-0.4, -0.2) is 35.9 Å². The van der Waals surface area contributed by atoms with E-state index in [-0.39, 0.29) is 11.7 Å². The van der Waals surface area contributed by atoms with Gasteiger partial charge < -0.3 is 5.32 Å².